The van der Waals surface area contributed by atoms with E-state index in [0.29, 0.717) is 11.3 Å². The van der Waals surface area contributed by atoms with Crippen LogP contribution in [0.4, 0.5) is 0 Å². The topological polar surface area (TPSA) is 80.6 Å². The van der Waals surface area contributed by atoms with Gasteiger partial charge in [-0.1, -0.05) is 0 Å². The zero-order chi connectivity index (χ0) is 12.0. The van der Waals surface area contributed by atoms with E-state index in [4.69, 9.17) is 4.42 Å². The molecule has 1 rings (SSSR count). The first-order chi connectivity index (χ1) is 7.63. The zero-order valence-electron chi connectivity index (χ0n) is 8.58. The smallest absolute Gasteiger partial charge is 0.287 e. The van der Waals surface area contributed by atoms with Gasteiger partial charge in [0.25, 0.3) is 11.8 Å². The highest BCUT2D eigenvalue weighted by Crippen LogP contribution is 2.13. The van der Waals surface area contributed by atoms with Crippen molar-refractivity contribution < 1.29 is 18.8 Å². The van der Waals surface area contributed by atoms with Crippen LogP contribution in [0.3, 0.4) is 0 Å². The fraction of sp³-hybridized carbons (Fsp3) is 0.333. The molecule has 1 aromatic heterocycles. The van der Waals surface area contributed by atoms with Crippen LogP contribution in [0.25, 0.3) is 0 Å². The van der Waals surface area contributed by atoms with Gasteiger partial charge in [0.1, 0.15) is 0 Å². The van der Waals surface area contributed by atoms with E-state index in [9.17, 15) is 9.59 Å². The Morgan fingerprint density at radius 3 is 2.81 bits per heavy atom. The molecule has 0 unspecified atom stereocenters. The molecule has 0 aliphatic carbocycles. The third kappa shape index (κ3) is 4.03. The molecule has 0 aromatic carbocycles. The van der Waals surface area contributed by atoms with Crippen molar-refractivity contribution in [3.05, 3.63) is 22.6 Å². The maximum absolute atomic E-state index is 11.4. The molecule has 2 amide bonds. The summed E-state index contributed by atoms with van der Waals surface area (Å²) in [6.07, 6.45) is 0. The molecular weight excluding hydrogens is 280 g/mol. The van der Waals surface area contributed by atoms with Crippen molar-refractivity contribution in [2.45, 2.75) is 6.92 Å². The number of hydrogen-bond acceptors (Lipinski definition) is 4. The zero-order valence-corrected chi connectivity index (χ0v) is 10.2. The fourth-order valence-electron chi connectivity index (χ4n) is 0.873. The van der Waals surface area contributed by atoms with E-state index < -0.39 is 11.8 Å². The van der Waals surface area contributed by atoms with Crippen LogP contribution in [0, 0.1) is 0 Å². The first-order valence-corrected chi connectivity index (χ1v) is 5.37. The molecule has 0 aliphatic heterocycles. The molecule has 0 saturated carbocycles. The number of amides is 2. The van der Waals surface area contributed by atoms with Crippen LogP contribution in [0.15, 0.2) is 21.2 Å². The maximum Gasteiger partial charge on any atom is 0.287 e. The first kappa shape index (κ1) is 12.7. The Balaban J connectivity index is 2.33. The van der Waals surface area contributed by atoms with Gasteiger partial charge in [-0.15, -0.1) is 0 Å². The molecule has 6 nitrogen and oxygen atoms in total. The third-order valence-electron chi connectivity index (χ3n) is 1.54. The van der Waals surface area contributed by atoms with Gasteiger partial charge in [0.2, 0.25) is 0 Å². The second-order valence-corrected chi connectivity index (χ2v) is 3.53. The monoisotopic (exact) mass is 290 g/mol. The Morgan fingerprint density at radius 2 is 2.25 bits per heavy atom. The quantitative estimate of drug-likeness (QED) is 0.788. The maximum atomic E-state index is 11.4. The van der Waals surface area contributed by atoms with Crippen LogP contribution in [-0.2, 0) is 9.63 Å². The normalized spacial score (nSPS) is 9.88. The molecule has 7 heteroatoms. The van der Waals surface area contributed by atoms with Crippen molar-refractivity contribution in [2.75, 3.05) is 13.2 Å². The SMILES string of the molecule is CCONC(=O)CNC(=O)c1ccc(Br)o1. The van der Waals surface area contributed by atoms with Gasteiger partial charge in [-0.25, -0.2) is 5.48 Å². The van der Waals surface area contributed by atoms with E-state index in [1.165, 1.54) is 6.07 Å². The number of rotatable bonds is 5. The van der Waals surface area contributed by atoms with Crippen molar-refractivity contribution in [1.82, 2.24) is 10.8 Å². The molecule has 0 radical (unpaired) electrons. The highest BCUT2D eigenvalue weighted by Gasteiger charge is 2.11. The fourth-order valence-corrected chi connectivity index (χ4v) is 1.18. The summed E-state index contributed by atoms with van der Waals surface area (Å²) in [5, 5.41) is 2.38. The molecule has 16 heavy (non-hydrogen) atoms. The highest BCUT2D eigenvalue weighted by atomic mass is 79.9. The van der Waals surface area contributed by atoms with Crippen molar-refractivity contribution in [3.8, 4) is 0 Å². The summed E-state index contributed by atoms with van der Waals surface area (Å²) >= 11 is 3.07. The summed E-state index contributed by atoms with van der Waals surface area (Å²) in [6.45, 7) is 1.93. The first-order valence-electron chi connectivity index (χ1n) is 4.57. The van der Waals surface area contributed by atoms with Crippen LogP contribution in [0.1, 0.15) is 17.5 Å². The van der Waals surface area contributed by atoms with E-state index in [1.807, 2.05) is 0 Å². The number of carbonyl (C=O) groups is 2. The third-order valence-corrected chi connectivity index (χ3v) is 1.96. The predicted octanol–water partition coefficient (Wildman–Crippen LogP) is 0.840. The van der Waals surface area contributed by atoms with E-state index in [2.05, 4.69) is 31.6 Å². The summed E-state index contributed by atoms with van der Waals surface area (Å²) < 4.78 is 5.46. The molecule has 0 fully saturated rings. The lowest BCUT2D eigenvalue weighted by Gasteiger charge is -2.04. The number of carbonyl (C=O) groups excluding carboxylic acids is 2. The second-order valence-electron chi connectivity index (χ2n) is 2.74. The van der Waals surface area contributed by atoms with Gasteiger partial charge in [0.15, 0.2) is 10.4 Å². The Morgan fingerprint density at radius 1 is 1.50 bits per heavy atom. The summed E-state index contributed by atoms with van der Waals surface area (Å²) in [5.74, 6) is -0.755. The van der Waals surface area contributed by atoms with Crippen LogP contribution < -0.4 is 10.8 Å². The van der Waals surface area contributed by atoms with E-state index in [-0.39, 0.29) is 12.3 Å². The lowest BCUT2D eigenvalue weighted by molar-refractivity contribution is -0.132. The molecule has 1 heterocycles. The predicted molar refractivity (Wildman–Crippen MR) is 58.5 cm³/mol. The van der Waals surface area contributed by atoms with Crippen molar-refractivity contribution in [3.63, 3.8) is 0 Å². The average Bonchev–Trinajstić information content (AvgIpc) is 2.69. The number of hydrogen-bond donors (Lipinski definition) is 2. The van der Waals surface area contributed by atoms with Gasteiger partial charge < -0.3 is 9.73 Å². The second kappa shape index (κ2) is 6.29. The van der Waals surface area contributed by atoms with E-state index >= 15 is 0 Å². The Kier molecular flexibility index (Phi) is 5.00. The molecule has 2 N–H and O–H groups in total. The number of nitrogens with one attached hydrogen (secondary N) is 2. The van der Waals surface area contributed by atoms with Crippen molar-refractivity contribution in [2.24, 2.45) is 0 Å². The molecule has 0 aliphatic rings. The van der Waals surface area contributed by atoms with Crippen LogP contribution in [-0.4, -0.2) is 25.0 Å². The average molecular weight is 291 g/mol. The summed E-state index contributed by atoms with van der Waals surface area (Å²) in [7, 11) is 0. The van der Waals surface area contributed by atoms with Gasteiger partial charge in [-0.2, -0.15) is 0 Å². The summed E-state index contributed by atoms with van der Waals surface area (Å²) in [5.41, 5.74) is 2.15. The lowest BCUT2D eigenvalue weighted by Crippen LogP contribution is -2.36. The number of hydroxylamine groups is 1. The minimum atomic E-state index is -0.461. The summed E-state index contributed by atoms with van der Waals surface area (Å²) in [4.78, 5) is 27.1. The molecule has 0 spiro atoms. The van der Waals surface area contributed by atoms with Crippen LogP contribution in [0.5, 0.6) is 0 Å². The highest BCUT2D eigenvalue weighted by molar-refractivity contribution is 9.10. The largest absolute Gasteiger partial charge is 0.444 e. The Labute approximate surface area is 100 Å². The van der Waals surface area contributed by atoms with Crippen molar-refractivity contribution >= 4 is 27.7 Å². The minimum Gasteiger partial charge on any atom is -0.444 e. The molecule has 88 valence electrons. The molecular formula is C9H11BrN2O4. The van der Waals surface area contributed by atoms with E-state index in [1.54, 1.807) is 13.0 Å². The minimum absolute atomic E-state index is 0.135. The van der Waals surface area contributed by atoms with Gasteiger partial charge in [-0.05, 0) is 35.0 Å². The van der Waals surface area contributed by atoms with Gasteiger partial charge >= 0.3 is 0 Å². The number of furan rings is 1. The van der Waals surface area contributed by atoms with Crippen LogP contribution >= 0.6 is 15.9 Å². The lowest BCUT2D eigenvalue weighted by atomic mass is 10.4. The van der Waals surface area contributed by atoms with Gasteiger partial charge in [0, 0.05) is 0 Å². The molecule has 0 atom stereocenters. The van der Waals surface area contributed by atoms with Crippen molar-refractivity contribution in [1.29, 1.82) is 0 Å². The van der Waals surface area contributed by atoms with Gasteiger partial charge in [-0.3, -0.25) is 14.4 Å². The molecule has 1 aromatic rings. The molecule has 0 bridgehead atoms. The van der Waals surface area contributed by atoms with Crippen LogP contribution in [0.2, 0.25) is 0 Å². The van der Waals surface area contributed by atoms with Gasteiger partial charge in [0.05, 0.1) is 13.2 Å². The number of halogens is 1. The Bertz CT molecular complexity index is 377. The summed E-state index contributed by atoms with van der Waals surface area (Å²) in [6, 6.07) is 3.09. The Hall–Kier alpha value is -1.34. The molecule has 0 saturated heterocycles. The van der Waals surface area contributed by atoms with E-state index in [0.717, 1.165) is 0 Å². The standard InChI is InChI=1S/C9H11BrN2O4/c1-2-15-12-8(13)5-11-9(14)6-3-4-7(10)16-6/h3-4H,2,5H2,1H3,(H,11,14)(H,12,13).